The van der Waals surface area contributed by atoms with Crippen molar-refractivity contribution in [2.24, 2.45) is 7.05 Å². The van der Waals surface area contributed by atoms with Gasteiger partial charge in [-0.2, -0.15) is 0 Å². The van der Waals surface area contributed by atoms with Crippen LogP contribution in [-0.4, -0.2) is 32.5 Å². The fourth-order valence-electron chi connectivity index (χ4n) is 3.68. The van der Waals surface area contributed by atoms with Crippen LogP contribution in [0.1, 0.15) is 10.5 Å². The lowest BCUT2D eigenvalue weighted by Gasteiger charge is -2.08. The minimum atomic E-state index is -0.457. The summed E-state index contributed by atoms with van der Waals surface area (Å²) >= 11 is 0. The summed E-state index contributed by atoms with van der Waals surface area (Å²) in [6.45, 7) is 0. The number of hydroxylamine groups is 1. The number of rotatable bonds is 7. The molecule has 2 N–H and O–H groups in total. The van der Waals surface area contributed by atoms with E-state index in [2.05, 4.69) is 37.7 Å². The Morgan fingerprint density at radius 2 is 1.74 bits per heavy atom. The molecule has 2 aromatic carbocycles. The van der Waals surface area contributed by atoms with Crippen molar-refractivity contribution in [1.29, 1.82) is 0 Å². The number of imidazole rings is 1. The zero-order chi connectivity index (χ0) is 24.2. The lowest BCUT2D eigenvalue weighted by atomic mass is 10.1. The molecule has 5 rings (SSSR count). The van der Waals surface area contributed by atoms with Crippen LogP contribution in [0.2, 0.25) is 0 Å². The highest BCUT2D eigenvalue weighted by atomic mass is 16.6. The number of carbonyl (C=O) groups excluding carboxylic acids is 1. The first-order chi connectivity index (χ1) is 17.1. The molecule has 0 spiro atoms. The number of benzene rings is 2. The van der Waals surface area contributed by atoms with Crippen molar-refractivity contribution >= 4 is 28.6 Å². The van der Waals surface area contributed by atoms with Gasteiger partial charge in [-0.05, 0) is 53.6 Å². The molecule has 9 nitrogen and oxygen atoms in total. The second kappa shape index (κ2) is 9.62. The van der Waals surface area contributed by atoms with Crippen LogP contribution in [0, 0.1) is 0 Å². The van der Waals surface area contributed by atoms with Gasteiger partial charge in [0.15, 0.2) is 0 Å². The minimum absolute atomic E-state index is 0.184. The van der Waals surface area contributed by atoms with Gasteiger partial charge in [0.05, 0.1) is 18.1 Å². The standard InChI is InChI=1S/C26H22N6O3/c1-32-24-7-6-20(35-21-10-13-28-23(16-21)25(33)31-34-2)15-22(24)30-26(32)29-19-5-3-4-18(14-19)17-8-11-27-12-9-17/h3-16H,1-2H3,(H,29,30)(H,31,33). The number of pyridine rings is 2. The van der Waals surface area contributed by atoms with E-state index >= 15 is 0 Å². The summed E-state index contributed by atoms with van der Waals surface area (Å²) in [6.07, 6.45) is 5.06. The highest BCUT2D eigenvalue weighted by Crippen LogP contribution is 2.29. The molecule has 5 aromatic rings. The predicted molar refractivity (Wildman–Crippen MR) is 132 cm³/mol. The third kappa shape index (κ3) is 4.80. The van der Waals surface area contributed by atoms with E-state index in [9.17, 15) is 4.79 Å². The van der Waals surface area contributed by atoms with E-state index in [0.717, 1.165) is 27.8 Å². The molecule has 0 aliphatic carbocycles. The number of aryl methyl sites for hydroxylation is 1. The first-order valence-corrected chi connectivity index (χ1v) is 10.8. The molecular weight excluding hydrogens is 444 g/mol. The van der Waals surface area contributed by atoms with E-state index in [1.807, 2.05) is 54.1 Å². The molecule has 0 aliphatic rings. The SMILES string of the molecule is CONC(=O)c1cc(Oc2ccc3c(c2)nc(Nc2cccc(-c4ccncc4)c2)n3C)ccn1. The monoisotopic (exact) mass is 466 g/mol. The second-order valence-corrected chi connectivity index (χ2v) is 7.70. The zero-order valence-electron chi connectivity index (χ0n) is 19.1. The van der Waals surface area contributed by atoms with Crippen molar-refractivity contribution in [1.82, 2.24) is 25.0 Å². The molecule has 0 saturated carbocycles. The van der Waals surface area contributed by atoms with Gasteiger partial charge in [-0.15, -0.1) is 0 Å². The smallest absolute Gasteiger partial charge is 0.293 e. The predicted octanol–water partition coefficient (Wildman–Crippen LogP) is 4.86. The van der Waals surface area contributed by atoms with Gasteiger partial charge in [0, 0.05) is 43.5 Å². The lowest BCUT2D eigenvalue weighted by molar-refractivity contribution is 0.0532. The van der Waals surface area contributed by atoms with E-state index in [1.165, 1.54) is 13.3 Å². The molecule has 3 heterocycles. The van der Waals surface area contributed by atoms with Crippen LogP contribution >= 0.6 is 0 Å². The van der Waals surface area contributed by atoms with E-state index in [1.54, 1.807) is 24.5 Å². The van der Waals surface area contributed by atoms with Crippen molar-refractivity contribution < 1.29 is 14.4 Å². The Morgan fingerprint density at radius 1 is 0.914 bits per heavy atom. The quantitative estimate of drug-likeness (QED) is 0.330. The maximum atomic E-state index is 11.9. The summed E-state index contributed by atoms with van der Waals surface area (Å²) in [7, 11) is 3.32. The van der Waals surface area contributed by atoms with E-state index in [-0.39, 0.29) is 5.69 Å². The molecule has 0 radical (unpaired) electrons. The fourth-order valence-corrected chi connectivity index (χ4v) is 3.68. The first-order valence-electron chi connectivity index (χ1n) is 10.8. The van der Waals surface area contributed by atoms with Crippen LogP contribution in [0.25, 0.3) is 22.2 Å². The third-order valence-corrected chi connectivity index (χ3v) is 5.38. The molecule has 1 amide bonds. The maximum Gasteiger partial charge on any atom is 0.293 e. The highest BCUT2D eigenvalue weighted by Gasteiger charge is 2.12. The maximum absolute atomic E-state index is 11.9. The van der Waals surface area contributed by atoms with Gasteiger partial charge in [0.25, 0.3) is 5.91 Å². The van der Waals surface area contributed by atoms with Crippen LogP contribution in [-0.2, 0) is 11.9 Å². The van der Waals surface area contributed by atoms with E-state index in [4.69, 9.17) is 9.72 Å². The molecule has 0 unspecified atom stereocenters. The number of aromatic nitrogens is 4. The van der Waals surface area contributed by atoms with Crippen molar-refractivity contribution in [3.8, 4) is 22.6 Å². The summed E-state index contributed by atoms with van der Waals surface area (Å²) in [6, 6.07) is 21.0. The van der Waals surface area contributed by atoms with Gasteiger partial charge in [-0.25, -0.2) is 10.5 Å². The van der Waals surface area contributed by atoms with Crippen molar-refractivity contribution in [3.05, 3.63) is 91.0 Å². The van der Waals surface area contributed by atoms with Crippen LogP contribution in [0.15, 0.2) is 85.3 Å². The summed E-state index contributed by atoms with van der Waals surface area (Å²) in [5, 5.41) is 3.40. The molecular formula is C26H22N6O3. The molecule has 0 fully saturated rings. The number of hydrogen-bond donors (Lipinski definition) is 2. The number of amides is 1. The molecule has 0 atom stereocenters. The van der Waals surface area contributed by atoms with Crippen LogP contribution in [0.5, 0.6) is 11.5 Å². The van der Waals surface area contributed by atoms with Crippen LogP contribution < -0.4 is 15.5 Å². The van der Waals surface area contributed by atoms with Crippen LogP contribution in [0.3, 0.4) is 0 Å². The van der Waals surface area contributed by atoms with E-state index in [0.29, 0.717) is 17.4 Å². The molecule has 0 bridgehead atoms. The number of ether oxygens (including phenoxy) is 1. The second-order valence-electron chi connectivity index (χ2n) is 7.70. The van der Waals surface area contributed by atoms with Gasteiger partial charge >= 0.3 is 0 Å². The largest absolute Gasteiger partial charge is 0.457 e. The summed E-state index contributed by atoms with van der Waals surface area (Å²) in [5.74, 6) is 1.31. The number of carbonyl (C=O) groups is 1. The fraction of sp³-hybridized carbons (Fsp3) is 0.0769. The van der Waals surface area contributed by atoms with Gasteiger partial charge in [0.2, 0.25) is 5.95 Å². The lowest BCUT2D eigenvalue weighted by Crippen LogP contribution is -2.22. The summed E-state index contributed by atoms with van der Waals surface area (Å²) in [4.78, 5) is 29.5. The normalized spacial score (nSPS) is 10.8. The van der Waals surface area contributed by atoms with Crippen molar-refractivity contribution in [3.63, 3.8) is 0 Å². The molecule has 3 aromatic heterocycles. The number of nitrogens with zero attached hydrogens (tertiary/aromatic N) is 4. The third-order valence-electron chi connectivity index (χ3n) is 5.38. The van der Waals surface area contributed by atoms with Gasteiger partial charge in [-0.3, -0.25) is 19.6 Å². The number of nitrogens with one attached hydrogen (secondary N) is 2. The van der Waals surface area contributed by atoms with Gasteiger partial charge in [0.1, 0.15) is 17.2 Å². The molecule has 9 heteroatoms. The zero-order valence-corrected chi connectivity index (χ0v) is 19.1. The molecule has 0 aliphatic heterocycles. The molecule has 35 heavy (non-hydrogen) atoms. The summed E-state index contributed by atoms with van der Waals surface area (Å²) in [5.41, 5.74) is 7.24. The topological polar surface area (TPSA) is 103 Å². The van der Waals surface area contributed by atoms with Crippen molar-refractivity contribution in [2.75, 3.05) is 12.4 Å². The van der Waals surface area contributed by atoms with E-state index < -0.39 is 5.91 Å². The molecule has 174 valence electrons. The first kappa shape index (κ1) is 22.1. The molecule has 0 saturated heterocycles. The number of anilines is 2. The highest BCUT2D eigenvalue weighted by molar-refractivity contribution is 5.91. The van der Waals surface area contributed by atoms with Gasteiger partial charge < -0.3 is 14.6 Å². The Bertz CT molecular complexity index is 1500. The Kier molecular flexibility index (Phi) is 6.06. The Balaban J connectivity index is 1.38. The van der Waals surface area contributed by atoms with Crippen LogP contribution in [0.4, 0.5) is 11.6 Å². The number of hydrogen-bond acceptors (Lipinski definition) is 7. The number of fused-ring (bicyclic) bond motifs is 1. The minimum Gasteiger partial charge on any atom is -0.457 e. The summed E-state index contributed by atoms with van der Waals surface area (Å²) < 4.78 is 7.94. The Hall–Kier alpha value is -4.76. The average Bonchev–Trinajstić information content (AvgIpc) is 3.19. The van der Waals surface area contributed by atoms with Crippen molar-refractivity contribution in [2.45, 2.75) is 0 Å². The Labute approximate surface area is 201 Å². The average molecular weight is 467 g/mol. The van der Waals surface area contributed by atoms with Gasteiger partial charge in [-0.1, -0.05) is 12.1 Å². The Morgan fingerprint density at radius 3 is 2.57 bits per heavy atom.